The second-order valence-electron chi connectivity index (χ2n) is 6.59. The van der Waals surface area contributed by atoms with E-state index < -0.39 is 22.7 Å². The SMILES string of the molecule is Cc1cc(C(F)(F)F)nn1CC(=O)N1CCC(C2(C(=O)O)NC=CS2)CC1. The minimum absolute atomic E-state index is 0.165. The average molecular weight is 404 g/mol. The fourth-order valence-electron chi connectivity index (χ4n) is 3.41. The molecule has 2 aliphatic rings. The molecule has 2 aliphatic heterocycles. The smallest absolute Gasteiger partial charge is 0.435 e. The number of aliphatic carboxylic acids is 1. The van der Waals surface area contributed by atoms with Gasteiger partial charge in [-0.2, -0.15) is 18.3 Å². The van der Waals surface area contributed by atoms with E-state index in [1.54, 1.807) is 16.5 Å². The first-order valence-corrected chi connectivity index (χ1v) is 9.25. The second kappa shape index (κ2) is 7.10. The summed E-state index contributed by atoms with van der Waals surface area (Å²) in [6.07, 6.45) is -1.96. The van der Waals surface area contributed by atoms with Gasteiger partial charge in [-0.3, -0.25) is 9.48 Å². The lowest BCUT2D eigenvalue weighted by molar-refractivity contribution is -0.144. The molecule has 0 saturated carbocycles. The van der Waals surface area contributed by atoms with Crippen LogP contribution in [0.4, 0.5) is 13.2 Å². The van der Waals surface area contributed by atoms with E-state index in [1.165, 1.54) is 18.7 Å². The summed E-state index contributed by atoms with van der Waals surface area (Å²) < 4.78 is 39.3. The molecule has 1 atom stereocenters. The summed E-state index contributed by atoms with van der Waals surface area (Å²) in [6, 6.07) is 0.909. The summed E-state index contributed by atoms with van der Waals surface area (Å²) in [4.78, 5) is 24.6. The first kappa shape index (κ1) is 19.6. The normalized spacial score (nSPS) is 23.5. The molecule has 0 aliphatic carbocycles. The summed E-state index contributed by atoms with van der Waals surface area (Å²) in [5.41, 5.74) is -0.764. The van der Waals surface area contributed by atoms with Crippen LogP contribution in [0.25, 0.3) is 0 Å². The number of hydrogen-bond acceptors (Lipinski definition) is 5. The topological polar surface area (TPSA) is 87.5 Å². The minimum atomic E-state index is -4.55. The molecule has 7 nitrogen and oxygen atoms in total. The number of carboxylic acids is 1. The van der Waals surface area contributed by atoms with Crippen molar-refractivity contribution in [2.45, 2.75) is 37.4 Å². The maximum absolute atomic E-state index is 12.7. The molecule has 1 unspecified atom stereocenters. The maximum Gasteiger partial charge on any atom is 0.435 e. The van der Waals surface area contributed by atoms with Crippen LogP contribution in [0.3, 0.4) is 0 Å². The van der Waals surface area contributed by atoms with Crippen LogP contribution in [0.5, 0.6) is 0 Å². The Morgan fingerprint density at radius 3 is 2.56 bits per heavy atom. The molecule has 0 spiro atoms. The van der Waals surface area contributed by atoms with Crippen molar-refractivity contribution in [3.63, 3.8) is 0 Å². The molecule has 0 aromatic carbocycles. The summed E-state index contributed by atoms with van der Waals surface area (Å²) in [5, 5.41) is 17.7. The molecule has 1 aromatic heterocycles. The third-order valence-electron chi connectivity index (χ3n) is 4.92. The lowest BCUT2D eigenvalue weighted by atomic mass is 9.88. The van der Waals surface area contributed by atoms with Crippen LogP contribution in [0, 0.1) is 12.8 Å². The van der Waals surface area contributed by atoms with Crippen molar-refractivity contribution in [2.75, 3.05) is 13.1 Å². The molecule has 3 heterocycles. The van der Waals surface area contributed by atoms with Gasteiger partial charge >= 0.3 is 12.1 Å². The van der Waals surface area contributed by atoms with Gasteiger partial charge < -0.3 is 15.3 Å². The lowest BCUT2D eigenvalue weighted by Crippen LogP contribution is -2.54. The van der Waals surface area contributed by atoms with Crippen LogP contribution in [0.15, 0.2) is 17.7 Å². The van der Waals surface area contributed by atoms with E-state index in [9.17, 15) is 27.9 Å². The third kappa shape index (κ3) is 3.78. The van der Waals surface area contributed by atoms with Crippen LogP contribution in [-0.4, -0.2) is 49.6 Å². The highest BCUT2D eigenvalue weighted by Gasteiger charge is 2.48. The number of piperidine rings is 1. The molecule has 3 rings (SSSR count). The van der Waals surface area contributed by atoms with Gasteiger partial charge in [0.2, 0.25) is 5.91 Å². The molecule has 27 heavy (non-hydrogen) atoms. The molecular formula is C16H19F3N4O3S. The zero-order valence-corrected chi connectivity index (χ0v) is 15.3. The number of carbonyl (C=O) groups excluding carboxylic acids is 1. The third-order valence-corrected chi connectivity index (χ3v) is 6.19. The standard InChI is InChI=1S/C16H19F3N4O3S/c1-10-8-12(16(17,18)19)21-23(10)9-13(24)22-5-2-11(3-6-22)15(14(25)26)20-4-7-27-15/h4,7-8,11,20H,2-3,5-6,9H2,1H3,(H,25,26). The number of hydrogen-bond donors (Lipinski definition) is 2. The monoisotopic (exact) mass is 404 g/mol. The van der Waals surface area contributed by atoms with Crippen LogP contribution >= 0.6 is 11.8 Å². The van der Waals surface area contributed by atoms with Gasteiger partial charge in [0, 0.05) is 30.9 Å². The van der Waals surface area contributed by atoms with E-state index in [4.69, 9.17) is 0 Å². The quantitative estimate of drug-likeness (QED) is 0.799. The Bertz CT molecular complexity index is 761. The Morgan fingerprint density at radius 1 is 1.41 bits per heavy atom. The fraction of sp³-hybridized carbons (Fsp3) is 0.562. The molecule has 11 heteroatoms. The highest BCUT2D eigenvalue weighted by atomic mass is 32.2. The van der Waals surface area contributed by atoms with E-state index in [0.29, 0.717) is 25.9 Å². The molecule has 1 amide bonds. The highest BCUT2D eigenvalue weighted by Crippen LogP contribution is 2.41. The number of alkyl halides is 3. The fourth-order valence-corrected chi connectivity index (χ4v) is 4.42. The van der Waals surface area contributed by atoms with E-state index in [0.717, 1.165) is 10.7 Å². The van der Waals surface area contributed by atoms with Gasteiger partial charge in [-0.1, -0.05) is 11.8 Å². The number of aromatic nitrogens is 2. The van der Waals surface area contributed by atoms with Crippen molar-refractivity contribution in [1.82, 2.24) is 20.0 Å². The van der Waals surface area contributed by atoms with E-state index in [2.05, 4.69) is 10.4 Å². The van der Waals surface area contributed by atoms with Gasteiger partial charge in [-0.05, 0) is 31.2 Å². The van der Waals surface area contributed by atoms with Crippen molar-refractivity contribution in [3.8, 4) is 0 Å². The zero-order chi connectivity index (χ0) is 19.8. The van der Waals surface area contributed by atoms with Crippen molar-refractivity contribution in [2.24, 2.45) is 5.92 Å². The Hall–Kier alpha value is -2.17. The molecule has 1 saturated heterocycles. The number of carboxylic acid groups (broad SMARTS) is 1. The maximum atomic E-state index is 12.7. The van der Waals surface area contributed by atoms with Crippen LogP contribution in [-0.2, 0) is 22.3 Å². The molecule has 0 radical (unpaired) electrons. The summed E-state index contributed by atoms with van der Waals surface area (Å²) in [5.74, 6) is -1.45. The van der Waals surface area contributed by atoms with E-state index >= 15 is 0 Å². The van der Waals surface area contributed by atoms with E-state index in [-0.39, 0.29) is 24.1 Å². The summed E-state index contributed by atoms with van der Waals surface area (Å²) >= 11 is 1.21. The largest absolute Gasteiger partial charge is 0.479 e. The second-order valence-corrected chi connectivity index (χ2v) is 7.74. The molecular weight excluding hydrogens is 385 g/mol. The van der Waals surface area contributed by atoms with Crippen molar-refractivity contribution < 1.29 is 27.9 Å². The first-order chi connectivity index (χ1) is 12.6. The van der Waals surface area contributed by atoms with Gasteiger partial charge in [0.15, 0.2) is 10.6 Å². The van der Waals surface area contributed by atoms with Crippen molar-refractivity contribution in [3.05, 3.63) is 29.1 Å². The Labute approximate surface area is 157 Å². The van der Waals surface area contributed by atoms with Gasteiger partial charge in [0.1, 0.15) is 6.54 Å². The number of carbonyl (C=O) groups is 2. The lowest BCUT2D eigenvalue weighted by Gasteiger charge is -2.39. The molecule has 2 N–H and O–H groups in total. The number of rotatable bonds is 4. The number of likely N-dealkylation sites (tertiary alicyclic amines) is 1. The van der Waals surface area contributed by atoms with Crippen LogP contribution < -0.4 is 5.32 Å². The number of thioether (sulfide) groups is 1. The van der Waals surface area contributed by atoms with Gasteiger partial charge in [0.05, 0.1) is 0 Å². The number of amides is 1. The predicted molar refractivity (Wildman–Crippen MR) is 91.5 cm³/mol. The minimum Gasteiger partial charge on any atom is -0.479 e. The summed E-state index contributed by atoms with van der Waals surface area (Å²) in [7, 11) is 0. The number of aryl methyl sites for hydroxylation is 1. The van der Waals surface area contributed by atoms with Crippen LogP contribution in [0.2, 0.25) is 0 Å². The average Bonchev–Trinajstić information content (AvgIpc) is 3.23. The Kier molecular flexibility index (Phi) is 5.15. The molecule has 0 bridgehead atoms. The van der Waals surface area contributed by atoms with Gasteiger partial charge in [0.25, 0.3) is 0 Å². The zero-order valence-electron chi connectivity index (χ0n) is 14.5. The van der Waals surface area contributed by atoms with Crippen molar-refractivity contribution >= 4 is 23.6 Å². The summed E-state index contributed by atoms with van der Waals surface area (Å²) in [6.45, 7) is 1.90. The number of halogens is 3. The van der Waals surface area contributed by atoms with Crippen LogP contribution in [0.1, 0.15) is 24.2 Å². The van der Waals surface area contributed by atoms with Crippen molar-refractivity contribution in [1.29, 1.82) is 0 Å². The predicted octanol–water partition coefficient (Wildman–Crippen LogP) is 2.04. The van der Waals surface area contributed by atoms with Gasteiger partial charge in [-0.15, -0.1) is 0 Å². The Morgan fingerprint density at radius 2 is 2.07 bits per heavy atom. The highest BCUT2D eigenvalue weighted by molar-refractivity contribution is 8.04. The molecule has 148 valence electrons. The van der Waals surface area contributed by atoms with Gasteiger partial charge in [-0.25, -0.2) is 4.79 Å². The number of nitrogens with zero attached hydrogens (tertiary/aromatic N) is 3. The molecule has 1 fully saturated rings. The Balaban J connectivity index is 1.61. The molecule has 1 aromatic rings. The number of nitrogens with one attached hydrogen (secondary N) is 1. The van der Waals surface area contributed by atoms with E-state index in [1.807, 2.05) is 0 Å². The first-order valence-electron chi connectivity index (χ1n) is 8.37.